The molecule has 70 valence electrons. The number of ether oxygens (including phenoxy) is 1. The molecular weight excluding hydrogens is 154 g/mol. The fourth-order valence-electron chi connectivity index (χ4n) is 1.65. The van der Waals surface area contributed by atoms with E-state index < -0.39 is 0 Å². The van der Waals surface area contributed by atoms with Crippen LogP contribution in [0.2, 0.25) is 0 Å². The smallest absolute Gasteiger partial charge is 0.120 e. The summed E-state index contributed by atoms with van der Waals surface area (Å²) in [5, 5.41) is 3.14. The maximum absolute atomic E-state index is 10.5. The van der Waals surface area contributed by atoms with E-state index >= 15 is 0 Å². The van der Waals surface area contributed by atoms with Crippen LogP contribution in [0.4, 0.5) is 0 Å². The van der Waals surface area contributed by atoms with Crippen molar-refractivity contribution in [1.29, 1.82) is 0 Å². The van der Waals surface area contributed by atoms with Crippen LogP contribution in [0.3, 0.4) is 0 Å². The fourth-order valence-corrected chi connectivity index (χ4v) is 1.65. The van der Waals surface area contributed by atoms with Crippen molar-refractivity contribution in [3.63, 3.8) is 0 Å². The Morgan fingerprint density at radius 1 is 1.42 bits per heavy atom. The zero-order valence-electron chi connectivity index (χ0n) is 7.82. The van der Waals surface area contributed by atoms with Gasteiger partial charge in [0.2, 0.25) is 0 Å². The van der Waals surface area contributed by atoms with Crippen LogP contribution in [0.15, 0.2) is 5.18 Å². The van der Waals surface area contributed by atoms with E-state index in [9.17, 15) is 4.91 Å². The summed E-state index contributed by atoms with van der Waals surface area (Å²) in [5.41, 5.74) is 0. The van der Waals surface area contributed by atoms with E-state index in [0.717, 1.165) is 19.4 Å². The molecule has 1 aliphatic heterocycles. The van der Waals surface area contributed by atoms with Crippen molar-refractivity contribution in [1.82, 2.24) is 0 Å². The molecule has 0 aromatic heterocycles. The van der Waals surface area contributed by atoms with Crippen LogP contribution in [-0.4, -0.2) is 18.8 Å². The van der Waals surface area contributed by atoms with Gasteiger partial charge in [0.25, 0.3) is 0 Å². The quantitative estimate of drug-likeness (QED) is 0.611. The molecule has 0 saturated carbocycles. The third-order valence-electron chi connectivity index (χ3n) is 2.40. The van der Waals surface area contributed by atoms with Gasteiger partial charge in [-0.1, -0.05) is 19.0 Å². The predicted molar refractivity (Wildman–Crippen MR) is 48.0 cm³/mol. The number of hydrogen-bond acceptors (Lipinski definition) is 3. The summed E-state index contributed by atoms with van der Waals surface area (Å²) in [7, 11) is 0. The molecule has 0 N–H and O–H groups in total. The van der Waals surface area contributed by atoms with Gasteiger partial charge in [-0.05, 0) is 25.2 Å². The van der Waals surface area contributed by atoms with E-state index in [4.69, 9.17) is 4.74 Å². The van der Waals surface area contributed by atoms with E-state index in [1.807, 2.05) is 13.8 Å². The molecule has 1 unspecified atom stereocenters. The molecule has 0 aliphatic carbocycles. The van der Waals surface area contributed by atoms with E-state index in [0.29, 0.717) is 5.92 Å². The number of nitrogens with zero attached hydrogens (tertiary/aromatic N) is 1. The highest BCUT2D eigenvalue weighted by Gasteiger charge is 2.27. The first-order valence-corrected chi connectivity index (χ1v) is 4.69. The standard InChI is InChI=1S/C9H17NO2/c1-7(2)9(10-11)8-5-3-4-6-12-8/h7-9H,3-6H2,1-2H3/t8?,9-/m1/s1. The molecule has 2 atom stereocenters. The van der Waals surface area contributed by atoms with Crippen molar-refractivity contribution in [3.05, 3.63) is 4.91 Å². The average Bonchev–Trinajstić information content (AvgIpc) is 2.07. The lowest BCUT2D eigenvalue weighted by atomic mass is 9.94. The molecular formula is C9H17NO2. The third kappa shape index (κ3) is 2.27. The van der Waals surface area contributed by atoms with Gasteiger partial charge in [0.15, 0.2) is 0 Å². The average molecular weight is 171 g/mol. The Kier molecular flexibility index (Phi) is 3.66. The summed E-state index contributed by atoms with van der Waals surface area (Å²) in [5.74, 6) is 0.297. The molecule has 1 aliphatic rings. The zero-order valence-corrected chi connectivity index (χ0v) is 7.82. The van der Waals surface area contributed by atoms with Gasteiger partial charge in [0.05, 0.1) is 6.10 Å². The second-order valence-electron chi connectivity index (χ2n) is 3.75. The van der Waals surface area contributed by atoms with Gasteiger partial charge in [0.1, 0.15) is 6.04 Å². The second kappa shape index (κ2) is 4.55. The lowest BCUT2D eigenvalue weighted by molar-refractivity contribution is -0.00806. The molecule has 1 saturated heterocycles. The van der Waals surface area contributed by atoms with Crippen molar-refractivity contribution in [2.45, 2.75) is 45.3 Å². The Morgan fingerprint density at radius 3 is 2.58 bits per heavy atom. The molecule has 0 amide bonds. The molecule has 0 bridgehead atoms. The van der Waals surface area contributed by atoms with Gasteiger partial charge in [0, 0.05) is 6.61 Å². The highest BCUT2D eigenvalue weighted by Crippen LogP contribution is 2.22. The van der Waals surface area contributed by atoms with Gasteiger partial charge in [-0.2, -0.15) is 4.91 Å². The summed E-state index contributed by atoms with van der Waals surface area (Å²) in [6.07, 6.45) is 3.37. The van der Waals surface area contributed by atoms with E-state index in [1.165, 1.54) is 6.42 Å². The molecule has 0 aromatic carbocycles. The van der Waals surface area contributed by atoms with Crippen LogP contribution in [0.5, 0.6) is 0 Å². The van der Waals surface area contributed by atoms with Gasteiger partial charge in [-0.25, -0.2) is 0 Å². The lowest BCUT2D eigenvalue weighted by Crippen LogP contribution is -2.34. The van der Waals surface area contributed by atoms with Crippen LogP contribution in [0.1, 0.15) is 33.1 Å². The first-order chi connectivity index (χ1) is 5.75. The summed E-state index contributed by atoms with van der Waals surface area (Å²) >= 11 is 0. The Balaban J connectivity index is 2.45. The summed E-state index contributed by atoms with van der Waals surface area (Å²) in [4.78, 5) is 10.5. The minimum absolute atomic E-state index is 0.0799. The maximum atomic E-state index is 10.5. The Morgan fingerprint density at radius 2 is 2.17 bits per heavy atom. The Hall–Kier alpha value is -0.440. The van der Waals surface area contributed by atoms with Crippen LogP contribution in [-0.2, 0) is 4.74 Å². The van der Waals surface area contributed by atoms with Crippen LogP contribution >= 0.6 is 0 Å². The number of nitroso groups, excluding NO2 is 1. The monoisotopic (exact) mass is 171 g/mol. The maximum Gasteiger partial charge on any atom is 0.120 e. The number of rotatable bonds is 3. The van der Waals surface area contributed by atoms with Gasteiger partial charge in [-0.15, -0.1) is 0 Å². The summed E-state index contributed by atoms with van der Waals surface area (Å²) < 4.78 is 5.50. The lowest BCUT2D eigenvalue weighted by Gasteiger charge is -2.28. The van der Waals surface area contributed by atoms with E-state index in [2.05, 4.69) is 5.18 Å². The van der Waals surface area contributed by atoms with Gasteiger partial charge in [-0.3, -0.25) is 0 Å². The highest BCUT2D eigenvalue weighted by atomic mass is 16.5. The van der Waals surface area contributed by atoms with Crippen molar-refractivity contribution >= 4 is 0 Å². The Labute approximate surface area is 73.5 Å². The predicted octanol–water partition coefficient (Wildman–Crippen LogP) is 2.35. The molecule has 1 rings (SSSR count). The highest BCUT2D eigenvalue weighted by molar-refractivity contribution is 4.81. The largest absolute Gasteiger partial charge is 0.376 e. The molecule has 3 nitrogen and oxygen atoms in total. The van der Waals surface area contributed by atoms with Crippen molar-refractivity contribution < 1.29 is 4.74 Å². The first-order valence-electron chi connectivity index (χ1n) is 4.69. The van der Waals surface area contributed by atoms with Crippen molar-refractivity contribution in [2.75, 3.05) is 6.61 Å². The topological polar surface area (TPSA) is 38.7 Å². The molecule has 12 heavy (non-hydrogen) atoms. The second-order valence-corrected chi connectivity index (χ2v) is 3.75. The third-order valence-corrected chi connectivity index (χ3v) is 2.40. The molecule has 3 heteroatoms. The summed E-state index contributed by atoms with van der Waals surface area (Å²) in [6.45, 7) is 4.83. The Bertz CT molecular complexity index is 141. The van der Waals surface area contributed by atoms with Gasteiger partial charge < -0.3 is 4.74 Å². The van der Waals surface area contributed by atoms with E-state index in [1.54, 1.807) is 0 Å². The molecule has 1 heterocycles. The summed E-state index contributed by atoms with van der Waals surface area (Å²) in [6, 6.07) is -0.148. The van der Waals surface area contributed by atoms with Crippen LogP contribution in [0.25, 0.3) is 0 Å². The zero-order chi connectivity index (χ0) is 8.97. The molecule has 1 fully saturated rings. The molecule has 0 spiro atoms. The first kappa shape index (κ1) is 9.65. The normalized spacial score (nSPS) is 27.1. The van der Waals surface area contributed by atoms with Gasteiger partial charge >= 0.3 is 0 Å². The van der Waals surface area contributed by atoms with Crippen LogP contribution in [0, 0.1) is 10.8 Å². The SMILES string of the molecule is CC(C)[C@@H](N=O)C1CCCCO1. The van der Waals surface area contributed by atoms with E-state index in [-0.39, 0.29) is 12.1 Å². The van der Waals surface area contributed by atoms with Crippen molar-refractivity contribution in [3.8, 4) is 0 Å². The number of hydrogen-bond donors (Lipinski definition) is 0. The minimum Gasteiger partial charge on any atom is -0.376 e. The molecule has 0 radical (unpaired) electrons. The van der Waals surface area contributed by atoms with Crippen molar-refractivity contribution in [2.24, 2.45) is 11.1 Å². The minimum atomic E-state index is -0.148. The van der Waals surface area contributed by atoms with Crippen LogP contribution < -0.4 is 0 Å². The fraction of sp³-hybridized carbons (Fsp3) is 1.00. The molecule has 0 aromatic rings.